The molecule has 8 N–H and O–H groups in total. The zero-order valence-corrected chi connectivity index (χ0v) is 30.3. The van der Waals surface area contributed by atoms with E-state index >= 15 is 0 Å². The number of carbonyl (C=O) groups is 5. The summed E-state index contributed by atoms with van der Waals surface area (Å²) in [5.74, 6) is -0.270. The summed E-state index contributed by atoms with van der Waals surface area (Å²) < 4.78 is 0.830. The maximum atomic E-state index is 12.6. The number of nitrogens with one attached hydrogen (secondary N) is 5. The first-order valence-corrected chi connectivity index (χ1v) is 17.5. The van der Waals surface area contributed by atoms with Crippen LogP contribution in [0.2, 0.25) is 0 Å². The Labute approximate surface area is 286 Å². The Bertz CT molecular complexity index is 1150. The minimum absolute atomic E-state index is 0.00346. The van der Waals surface area contributed by atoms with Gasteiger partial charge in [-0.1, -0.05) is 60.8 Å². The summed E-state index contributed by atoms with van der Waals surface area (Å²) >= 11 is 0. The summed E-state index contributed by atoms with van der Waals surface area (Å²) in [4.78, 5) is 60.4. The second kappa shape index (κ2) is 22.0. The summed E-state index contributed by atoms with van der Waals surface area (Å²) in [6.45, 7) is 16.6. The van der Waals surface area contributed by atoms with Crippen LogP contribution in [0.3, 0.4) is 0 Å². The molecule has 272 valence electrons. The Hall–Kier alpha value is -3.74. The molecule has 0 spiro atoms. The van der Waals surface area contributed by atoms with Gasteiger partial charge in [0, 0.05) is 42.4 Å². The topological polar surface area (TPSA) is 196 Å². The molecule has 1 aliphatic rings. The van der Waals surface area contributed by atoms with Crippen molar-refractivity contribution in [2.45, 2.75) is 125 Å². The van der Waals surface area contributed by atoms with Crippen molar-refractivity contribution in [3.8, 4) is 0 Å². The van der Waals surface area contributed by atoms with Gasteiger partial charge in [0.2, 0.25) is 36.0 Å². The first-order chi connectivity index (χ1) is 22.6. The molecular formula is C35H62N7O6+. The van der Waals surface area contributed by atoms with Crippen molar-refractivity contribution in [1.82, 2.24) is 26.6 Å². The van der Waals surface area contributed by atoms with Gasteiger partial charge in [0.15, 0.2) is 0 Å². The highest BCUT2D eigenvalue weighted by molar-refractivity contribution is 5.97. The quantitative estimate of drug-likeness (QED) is 0.0914. The van der Waals surface area contributed by atoms with Crippen molar-refractivity contribution in [3.05, 3.63) is 30.1 Å². The van der Waals surface area contributed by atoms with Gasteiger partial charge in [-0.25, -0.2) is 0 Å². The van der Waals surface area contributed by atoms with Gasteiger partial charge in [0.05, 0.1) is 11.6 Å². The van der Waals surface area contributed by atoms with Crippen LogP contribution in [0.4, 0.5) is 0 Å². The molecular weight excluding hydrogens is 614 g/mol. The van der Waals surface area contributed by atoms with E-state index < -0.39 is 24.0 Å². The molecule has 13 heteroatoms. The molecule has 1 heterocycles. The van der Waals surface area contributed by atoms with Crippen LogP contribution in [0, 0.1) is 23.7 Å². The van der Waals surface area contributed by atoms with Gasteiger partial charge in [0.25, 0.3) is 5.91 Å². The van der Waals surface area contributed by atoms with Crippen LogP contribution in [0.15, 0.2) is 24.5 Å². The van der Waals surface area contributed by atoms with Crippen LogP contribution in [-0.4, -0.2) is 72.0 Å². The second-order valence-electron chi connectivity index (χ2n) is 13.7. The van der Waals surface area contributed by atoms with Crippen LogP contribution in [0.1, 0.15) is 111 Å². The third kappa shape index (κ3) is 15.9. The Balaban J connectivity index is 0.000000544. The maximum Gasteiger partial charge on any atom is 0.252 e. The molecule has 1 aliphatic carbocycles. The molecule has 1 aromatic heterocycles. The number of hydrogen-bond acceptors (Lipinski definition) is 7. The van der Waals surface area contributed by atoms with E-state index in [1.807, 2.05) is 34.6 Å². The normalized spacial score (nSPS) is 16.1. The number of likely N-dealkylation sites (N-methyl/N-ethyl adjacent to an activating group) is 1. The van der Waals surface area contributed by atoms with Crippen LogP contribution in [-0.2, 0) is 19.2 Å². The molecule has 48 heavy (non-hydrogen) atoms. The predicted octanol–water partition coefficient (Wildman–Crippen LogP) is 2.19. The van der Waals surface area contributed by atoms with E-state index in [0.29, 0.717) is 36.9 Å². The van der Waals surface area contributed by atoms with Gasteiger partial charge in [0.1, 0.15) is 12.1 Å². The van der Waals surface area contributed by atoms with Crippen LogP contribution >= 0.6 is 0 Å². The molecule has 3 unspecified atom stereocenters. The molecule has 0 bridgehead atoms. The number of rotatable bonds is 18. The Morgan fingerprint density at radius 3 is 2.00 bits per heavy atom. The standard InChI is InChI=1S/C23H44N4O3.C12H17N3O3/c1-7-24-23(30)21(16(4)5)27-22(29)17(6)25-14-19(12-15(2)3)26-20(28)13-18-10-8-9-11-18;1-3-8(2)10(11(13)16)14-12(17)9-4-6-15(18)7-5-9/h15-19,21,25H,7-14H2,1-6H3,(H,24,30)(H,26,28)(H,27,29);4-8,10H,3H2,1-2H3,(H3-,13,14,16,17,18)/p+1/t17-,19?,21?;8-,10?/m00/s1. The first kappa shape index (κ1) is 42.3. The fourth-order valence-corrected chi connectivity index (χ4v) is 5.56. The number of pyridine rings is 1. The van der Waals surface area contributed by atoms with Gasteiger partial charge in [-0.15, -0.1) is 0 Å². The van der Waals surface area contributed by atoms with E-state index in [-0.39, 0.29) is 41.5 Å². The largest absolute Gasteiger partial charge is 0.368 e. The van der Waals surface area contributed by atoms with Gasteiger partial charge in [-0.05, 0) is 56.8 Å². The smallest absolute Gasteiger partial charge is 0.252 e. The first-order valence-electron chi connectivity index (χ1n) is 17.5. The van der Waals surface area contributed by atoms with Crippen molar-refractivity contribution in [2.24, 2.45) is 29.4 Å². The van der Waals surface area contributed by atoms with E-state index in [0.717, 1.165) is 30.4 Å². The summed E-state index contributed by atoms with van der Waals surface area (Å²) in [5, 5.41) is 23.7. The lowest BCUT2D eigenvalue weighted by atomic mass is 9.98. The molecule has 2 rings (SSSR count). The number of nitrogens with zero attached hydrogens (tertiary/aromatic N) is 1. The van der Waals surface area contributed by atoms with E-state index in [1.165, 1.54) is 37.4 Å². The van der Waals surface area contributed by atoms with E-state index in [2.05, 4.69) is 40.4 Å². The Morgan fingerprint density at radius 2 is 1.50 bits per heavy atom. The van der Waals surface area contributed by atoms with Gasteiger partial charge < -0.3 is 32.3 Å². The minimum atomic E-state index is -0.691. The highest BCUT2D eigenvalue weighted by Crippen LogP contribution is 2.27. The van der Waals surface area contributed by atoms with Crippen molar-refractivity contribution in [2.75, 3.05) is 13.1 Å². The van der Waals surface area contributed by atoms with E-state index in [1.54, 1.807) is 6.92 Å². The monoisotopic (exact) mass is 676 g/mol. The molecule has 5 amide bonds. The number of carbonyl (C=O) groups excluding carboxylic acids is 5. The molecule has 0 saturated heterocycles. The number of nitrogens with two attached hydrogens (primary N) is 1. The molecule has 1 saturated carbocycles. The lowest BCUT2D eigenvalue weighted by Crippen LogP contribution is -2.55. The Kier molecular flexibility index (Phi) is 19.4. The molecule has 0 aromatic carbocycles. The zero-order chi connectivity index (χ0) is 36.4. The van der Waals surface area contributed by atoms with Gasteiger partial charge in [-0.2, -0.15) is 0 Å². The average molecular weight is 677 g/mol. The molecule has 5 atom stereocenters. The van der Waals surface area contributed by atoms with Crippen molar-refractivity contribution >= 4 is 29.5 Å². The number of aromatic nitrogens is 1. The fourth-order valence-electron chi connectivity index (χ4n) is 5.56. The van der Waals surface area contributed by atoms with Gasteiger partial charge >= 0.3 is 0 Å². The van der Waals surface area contributed by atoms with Crippen molar-refractivity contribution < 1.29 is 33.9 Å². The number of amides is 5. The molecule has 1 fully saturated rings. The summed E-state index contributed by atoms with van der Waals surface area (Å²) in [7, 11) is 0. The summed E-state index contributed by atoms with van der Waals surface area (Å²) in [5.41, 5.74) is 5.62. The second-order valence-corrected chi connectivity index (χ2v) is 13.7. The molecule has 0 aliphatic heterocycles. The average Bonchev–Trinajstić information content (AvgIpc) is 3.53. The Morgan fingerprint density at radius 1 is 0.896 bits per heavy atom. The fraction of sp³-hybridized carbons (Fsp3) is 0.714. The number of hydrogen-bond donors (Lipinski definition) is 7. The molecule has 1 aromatic rings. The third-order valence-electron chi connectivity index (χ3n) is 8.61. The SMILES string of the molecule is CCNC(=O)C(NC(=O)[C@H](C)NCC(CC(C)C)NC(=O)CC1CCCC1)C(C)C.CC[C@H](C)C(NC(=O)c1cc[n+](O)cc1)C(N)=O. The lowest BCUT2D eigenvalue weighted by Gasteiger charge is -2.26. The molecule has 13 nitrogen and oxygen atoms in total. The highest BCUT2D eigenvalue weighted by Gasteiger charge is 2.27. The van der Waals surface area contributed by atoms with E-state index in [4.69, 9.17) is 10.9 Å². The van der Waals surface area contributed by atoms with E-state index in [9.17, 15) is 24.0 Å². The van der Waals surface area contributed by atoms with Crippen LogP contribution < -0.4 is 37.0 Å². The summed E-state index contributed by atoms with van der Waals surface area (Å²) in [6, 6.07) is 1.18. The van der Waals surface area contributed by atoms with Crippen LogP contribution in [0.5, 0.6) is 0 Å². The third-order valence-corrected chi connectivity index (χ3v) is 8.61. The zero-order valence-electron chi connectivity index (χ0n) is 30.3. The predicted molar refractivity (Wildman–Crippen MR) is 185 cm³/mol. The maximum absolute atomic E-state index is 12.6. The van der Waals surface area contributed by atoms with Gasteiger partial charge in [-0.3, -0.25) is 29.2 Å². The number of primary amides is 1. The van der Waals surface area contributed by atoms with Crippen molar-refractivity contribution in [3.63, 3.8) is 0 Å². The van der Waals surface area contributed by atoms with Crippen LogP contribution in [0.25, 0.3) is 0 Å². The van der Waals surface area contributed by atoms with Crippen molar-refractivity contribution in [1.29, 1.82) is 0 Å². The lowest BCUT2D eigenvalue weighted by molar-refractivity contribution is -0.904. The highest BCUT2D eigenvalue weighted by atomic mass is 16.5. The minimum Gasteiger partial charge on any atom is -0.368 e. The molecule has 0 radical (unpaired) electrons. The summed E-state index contributed by atoms with van der Waals surface area (Å²) in [6.07, 6.45) is 9.62.